The van der Waals surface area contributed by atoms with Crippen LogP contribution in [0.5, 0.6) is 11.5 Å². The molecule has 166 valence electrons. The minimum absolute atomic E-state index is 0.0207. The maximum absolute atomic E-state index is 11.8. The molecule has 1 aliphatic rings. The lowest BCUT2D eigenvalue weighted by molar-refractivity contribution is -0.123. The smallest absolute Gasteiger partial charge is 0.404 e. The lowest BCUT2D eigenvalue weighted by Crippen LogP contribution is -2.32. The second kappa shape index (κ2) is 10.2. The fourth-order valence-electron chi connectivity index (χ4n) is 3.00. The molecule has 0 saturated carbocycles. The average molecular weight is 428 g/mol. The molecule has 1 aliphatic heterocycles. The van der Waals surface area contributed by atoms with Crippen LogP contribution in [0.2, 0.25) is 0 Å². The number of rotatable bonds is 11. The molecule has 3 N–H and O–H groups in total. The van der Waals surface area contributed by atoms with E-state index in [1.807, 2.05) is 36.4 Å². The third kappa shape index (κ3) is 6.89. The van der Waals surface area contributed by atoms with Gasteiger partial charge in [0.2, 0.25) is 0 Å². The molecule has 2 aromatic carbocycles. The Morgan fingerprint density at radius 2 is 1.58 bits per heavy atom. The molecule has 2 aromatic rings. The summed E-state index contributed by atoms with van der Waals surface area (Å²) in [6.07, 6.45) is -0.639. The number of nitrogens with two attached hydrogens (primary N) is 1. The number of carbonyl (C=O) groups excluding carboxylic acids is 2. The number of ether oxygens (including phenoxy) is 4. The van der Waals surface area contributed by atoms with Crippen LogP contribution < -0.4 is 20.5 Å². The maximum Gasteiger partial charge on any atom is 0.404 e. The Morgan fingerprint density at radius 1 is 1.03 bits per heavy atom. The number of nitrogens with one attached hydrogen (secondary N) is 1. The van der Waals surface area contributed by atoms with Crippen molar-refractivity contribution in [3.8, 4) is 11.5 Å². The van der Waals surface area contributed by atoms with Crippen molar-refractivity contribution in [1.29, 1.82) is 0 Å². The minimum atomic E-state index is -0.874. The highest BCUT2D eigenvalue weighted by atomic mass is 16.6. The van der Waals surface area contributed by atoms with Crippen molar-refractivity contribution in [2.24, 2.45) is 5.73 Å². The van der Waals surface area contributed by atoms with E-state index in [4.69, 9.17) is 19.9 Å². The van der Waals surface area contributed by atoms with Crippen molar-refractivity contribution in [2.75, 3.05) is 33.0 Å². The van der Waals surface area contributed by atoms with Gasteiger partial charge in [0.25, 0.3) is 5.91 Å². The molecule has 8 nitrogen and oxygen atoms in total. The highest BCUT2D eigenvalue weighted by molar-refractivity contribution is 5.77. The Kier molecular flexibility index (Phi) is 7.36. The van der Waals surface area contributed by atoms with Crippen LogP contribution in [0.4, 0.5) is 4.79 Å². The zero-order chi connectivity index (χ0) is 22.3. The molecule has 1 saturated heterocycles. The normalized spacial score (nSPS) is 15.1. The van der Waals surface area contributed by atoms with Gasteiger partial charge in [-0.3, -0.25) is 4.79 Å². The predicted octanol–water partition coefficient (Wildman–Crippen LogP) is 2.38. The number of benzene rings is 2. The van der Waals surface area contributed by atoms with Gasteiger partial charge in [0.05, 0.1) is 13.2 Å². The van der Waals surface area contributed by atoms with Gasteiger partial charge in [-0.1, -0.05) is 38.1 Å². The van der Waals surface area contributed by atoms with E-state index in [1.54, 1.807) is 0 Å². The van der Waals surface area contributed by atoms with E-state index < -0.39 is 6.09 Å². The minimum Gasteiger partial charge on any atom is -0.491 e. The first kappa shape index (κ1) is 22.4. The third-order valence-electron chi connectivity index (χ3n) is 5.03. The summed E-state index contributed by atoms with van der Waals surface area (Å²) in [6, 6.07) is 15.8. The molecule has 1 fully saturated rings. The summed E-state index contributed by atoms with van der Waals surface area (Å²) in [5.41, 5.74) is 6.91. The summed E-state index contributed by atoms with van der Waals surface area (Å²) in [5, 5.41) is 2.57. The van der Waals surface area contributed by atoms with Gasteiger partial charge < -0.3 is 30.0 Å². The number of epoxide rings is 1. The molecule has 0 aliphatic carbocycles. The fraction of sp³-hybridized carbons (Fsp3) is 0.391. The van der Waals surface area contributed by atoms with E-state index in [0.29, 0.717) is 12.4 Å². The van der Waals surface area contributed by atoms with Crippen molar-refractivity contribution < 1.29 is 28.5 Å². The number of primary amides is 1. The molecule has 1 atom stereocenters. The first-order valence-corrected chi connectivity index (χ1v) is 10.1. The Balaban J connectivity index is 1.49. The first-order chi connectivity index (χ1) is 14.8. The Hall–Kier alpha value is -3.26. The van der Waals surface area contributed by atoms with Crippen molar-refractivity contribution in [3.05, 3.63) is 59.7 Å². The van der Waals surface area contributed by atoms with Gasteiger partial charge in [-0.25, -0.2) is 4.79 Å². The number of hydrogen-bond donors (Lipinski definition) is 2. The van der Waals surface area contributed by atoms with Gasteiger partial charge in [-0.2, -0.15) is 0 Å². The van der Waals surface area contributed by atoms with Crippen molar-refractivity contribution in [2.45, 2.75) is 25.4 Å². The highest BCUT2D eigenvalue weighted by Gasteiger charge is 2.24. The Labute approximate surface area is 181 Å². The first-order valence-electron chi connectivity index (χ1n) is 10.1. The molecule has 1 unspecified atom stereocenters. The van der Waals surface area contributed by atoms with Crippen LogP contribution in [0.15, 0.2) is 48.5 Å². The van der Waals surface area contributed by atoms with Crippen molar-refractivity contribution in [1.82, 2.24) is 5.32 Å². The van der Waals surface area contributed by atoms with Gasteiger partial charge in [-0.15, -0.1) is 0 Å². The lowest BCUT2D eigenvalue weighted by Gasteiger charge is -2.26. The monoisotopic (exact) mass is 428 g/mol. The summed E-state index contributed by atoms with van der Waals surface area (Å²) < 4.78 is 20.9. The highest BCUT2D eigenvalue weighted by Crippen LogP contribution is 2.33. The molecule has 0 spiro atoms. The molecule has 0 bridgehead atoms. The van der Waals surface area contributed by atoms with Crippen molar-refractivity contribution >= 4 is 12.0 Å². The molecule has 2 amide bonds. The van der Waals surface area contributed by atoms with E-state index in [1.165, 1.54) is 0 Å². The number of amides is 2. The summed E-state index contributed by atoms with van der Waals surface area (Å²) >= 11 is 0. The third-order valence-corrected chi connectivity index (χ3v) is 5.03. The number of hydrogen-bond acceptors (Lipinski definition) is 6. The molecule has 0 radical (unpaired) electrons. The summed E-state index contributed by atoms with van der Waals surface area (Å²) in [5.74, 6) is 1.11. The Morgan fingerprint density at radius 3 is 2.10 bits per heavy atom. The van der Waals surface area contributed by atoms with Crippen LogP contribution in [-0.2, 0) is 19.7 Å². The zero-order valence-corrected chi connectivity index (χ0v) is 17.8. The van der Waals surface area contributed by atoms with Crippen LogP contribution in [0.1, 0.15) is 25.0 Å². The van der Waals surface area contributed by atoms with E-state index >= 15 is 0 Å². The zero-order valence-electron chi connectivity index (χ0n) is 17.8. The Bertz CT molecular complexity index is 876. The van der Waals surface area contributed by atoms with E-state index in [-0.39, 0.29) is 37.2 Å². The second-order valence-electron chi connectivity index (χ2n) is 7.75. The van der Waals surface area contributed by atoms with Crippen LogP contribution in [0, 0.1) is 0 Å². The van der Waals surface area contributed by atoms with Gasteiger partial charge in [0, 0.05) is 5.41 Å². The largest absolute Gasteiger partial charge is 0.491 e. The SMILES string of the molecule is CC(C)(c1ccc(OCC(=O)NCCOC(N)=O)cc1)c1ccc(OCC2CO2)cc1. The molecular formula is C23H28N2O6. The fourth-order valence-corrected chi connectivity index (χ4v) is 3.00. The van der Waals surface area contributed by atoms with Crippen LogP contribution >= 0.6 is 0 Å². The molecule has 31 heavy (non-hydrogen) atoms. The van der Waals surface area contributed by atoms with Gasteiger partial charge in [-0.05, 0) is 35.4 Å². The van der Waals surface area contributed by atoms with Crippen LogP contribution in [0.25, 0.3) is 0 Å². The van der Waals surface area contributed by atoms with Gasteiger partial charge in [0.1, 0.15) is 30.8 Å². The standard InChI is InChI=1S/C23H28N2O6/c1-23(2,16-3-7-18(8-4-16)29-13-20-14-30-20)17-5-9-19(10-6-17)31-15-21(26)25-11-12-28-22(24)27/h3-10,20H,11-15H2,1-2H3,(H2,24,27)(H,25,26). The van der Waals surface area contributed by atoms with E-state index in [0.717, 1.165) is 23.5 Å². The summed E-state index contributed by atoms with van der Waals surface area (Å²) in [6.45, 7) is 5.73. The maximum atomic E-state index is 11.8. The van der Waals surface area contributed by atoms with Crippen LogP contribution in [-0.4, -0.2) is 51.1 Å². The van der Waals surface area contributed by atoms with E-state index in [2.05, 4.69) is 36.0 Å². The average Bonchev–Trinajstić information content (AvgIpc) is 3.59. The summed E-state index contributed by atoms with van der Waals surface area (Å²) in [7, 11) is 0. The molecule has 1 heterocycles. The molecule has 3 rings (SSSR count). The molecule has 0 aromatic heterocycles. The van der Waals surface area contributed by atoms with Gasteiger partial charge in [0.15, 0.2) is 6.61 Å². The molecule has 8 heteroatoms. The van der Waals surface area contributed by atoms with Crippen molar-refractivity contribution in [3.63, 3.8) is 0 Å². The summed E-state index contributed by atoms with van der Waals surface area (Å²) in [4.78, 5) is 22.2. The van der Waals surface area contributed by atoms with E-state index in [9.17, 15) is 9.59 Å². The number of carbonyl (C=O) groups is 2. The lowest BCUT2D eigenvalue weighted by atomic mass is 9.78. The predicted molar refractivity (Wildman–Crippen MR) is 114 cm³/mol. The van der Waals surface area contributed by atoms with Crippen LogP contribution in [0.3, 0.4) is 0 Å². The second-order valence-corrected chi connectivity index (χ2v) is 7.75. The topological polar surface area (TPSA) is 112 Å². The van der Waals surface area contributed by atoms with Gasteiger partial charge >= 0.3 is 6.09 Å². The molecular weight excluding hydrogens is 400 g/mol. The quantitative estimate of drug-likeness (QED) is 0.420.